The number of anilines is 1. The van der Waals surface area contributed by atoms with Crippen molar-refractivity contribution >= 4 is 29.2 Å². The molecule has 0 fully saturated rings. The second-order valence-electron chi connectivity index (χ2n) is 6.37. The third-order valence-electron chi connectivity index (χ3n) is 4.37. The van der Waals surface area contributed by atoms with Gasteiger partial charge in [-0.3, -0.25) is 4.79 Å². The summed E-state index contributed by atoms with van der Waals surface area (Å²) in [7, 11) is 1.31. The topological polar surface area (TPSA) is 73.2 Å². The highest BCUT2D eigenvalue weighted by molar-refractivity contribution is 6.33. The van der Waals surface area contributed by atoms with Crippen molar-refractivity contribution in [3.63, 3.8) is 0 Å². The summed E-state index contributed by atoms with van der Waals surface area (Å²) in [5.74, 6) is -0.854. The van der Waals surface area contributed by atoms with Crippen molar-refractivity contribution in [3.8, 4) is 0 Å². The molecule has 1 N–H and O–H groups in total. The van der Waals surface area contributed by atoms with Crippen LogP contribution < -0.4 is 5.32 Å². The van der Waals surface area contributed by atoms with Crippen molar-refractivity contribution in [2.24, 2.45) is 0 Å². The van der Waals surface area contributed by atoms with E-state index in [9.17, 15) is 9.59 Å². The Balaban J connectivity index is 1.86. The Hall–Kier alpha value is -3.12. The van der Waals surface area contributed by atoms with E-state index in [2.05, 4.69) is 10.4 Å². The number of nitrogens with zero attached hydrogens (tertiary/aromatic N) is 2. The third kappa shape index (κ3) is 4.07. The Morgan fingerprint density at radius 3 is 2.54 bits per heavy atom. The van der Waals surface area contributed by atoms with Gasteiger partial charge in [-0.05, 0) is 37.1 Å². The Kier molecular flexibility index (Phi) is 5.80. The van der Waals surface area contributed by atoms with E-state index >= 15 is 0 Å². The number of benzene rings is 2. The number of esters is 1. The standard InChI is InChI=1S/C21H20ClN3O3/c1-13-9-10-16(21(27)28-3)11-17(13)23-20(26)18-14(2)24-25(19(18)22)12-15-7-5-4-6-8-15/h4-11H,12H2,1-3H3,(H,23,26). The van der Waals surface area contributed by atoms with Crippen molar-refractivity contribution in [1.82, 2.24) is 9.78 Å². The molecule has 1 amide bonds. The molecule has 0 saturated heterocycles. The Bertz CT molecular complexity index is 1030. The second-order valence-corrected chi connectivity index (χ2v) is 6.73. The second kappa shape index (κ2) is 8.27. The molecule has 0 unspecified atom stereocenters. The molecule has 7 heteroatoms. The molecule has 2 aromatic carbocycles. The summed E-state index contributed by atoms with van der Waals surface area (Å²) in [6.07, 6.45) is 0. The minimum Gasteiger partial charge on any atom is -0.465 e. The monoisotopic (exact) mass is 397 g/mol. The number of rotatable bonds is 5. The molecular weight excluding hydrogens is 378 g/mol. The normalized spacial score (nSPS) is 10.6. The number of hydrogen-bond donors (Lipinski definition) is 1. The van der Waals surface area contributed by atoms with Gasteiger partial charge in [0.05, 0.1) is 30.5 Å². The summed E-state index contributed by atoms with van der Waals surface area (Å²) < 4.78 is 6.33. The number of carbonyl (C=O) groups excluding carboxylic acids is 2. The average Bonchev–Trinajstić information content (AvgIpc) is 2.96. The van der Waals surface area contributed by atoms with Crippen LogP contribution in [0, 0.1) is 13.8 Å². The van der Waals surface area contributed by atoms with E-state index in [1.165, 1.54) is 7.11 Å². The predicted octanol–water partition coefficient (Wildman–Crippen LogP) is 4.24. The highest BCUT2D eigenvalue weighted by atomic mass is 35.5. The molecule has 0 atom stereocenters. The van der Waals surface area contributed by atoms with E-state index in [-0.39, 0.29) is 11.1 Å². The van der Waals surface area contributed by atoms with Crippen LogP contribution in [-0.4, -0.2) is 28.8 Å². The van der Waals surface area contributed by atoms with Gasteiger partial charge in [-0.1, -0.05) is 48.0 Å². The van der Waals surface area contributed by atoms with Gasteiger partial charge in [-0.25, -0.2) is 9.48 Å². The zero-order valence-electron chi connectivity index (χ0n) is 15.8. The molecule has 1 heterocycles. The maximum absolute atomic E-state index is 12.9. The highest BCUT2D eigenvalue weighted by Gasteiger charge is 2.21. The van der Waals surface area contributed by atoms with E-state index < -0.39 is 5.97 Å². The fourth-order valence-electron chi connectivity index (χ4n) is 2.86. The van der Waals surface area contributed by atoms with Crippen molar-refractivity contribution in [2.45, 2.75) is 20.4 Å². The lowest BCUT2D eigenvalue weighted by Crippen LogP contribution is -2.15. The minimum atomic E-state index is -0.472. The number of methoxy groups -OCH3 is 1. The minimum absolute atomic E-state index is 0.264. The molecular formula is C21H20ClN3O3. The molecule has 28 heavy (non-hydrogen) atoms. The molecule has 0 aliphatic heterocycles. The van der Waals surface area contributed by atoms with E-state index in [0.29, 0.717) is 29.1 Å². The number of ether oxygens (including phenoxy) is 1. The van der Waals surface area contributed by atoms with Crippen LogP contribution in [0.15, 0.2) is 48.5 Å². The first kappa shape index (κ1) is 19.6. The lowest BCUT2D eigenvalue weighted by Gasteiger charge is -2.10. The van der Waals surface area contributed by atoms with Crippen molar-refractivity contribution < 1.29 is 14.3 Å². The van der Waals surface area contributed by atoms with Gasteiger partial charge >= 0.3 is 5.97 Å². The average molecular weight is 398 g/mol. The fraction of sp³-hybridized carbons (Fsp3) is 0.190. The summed E-state index contributed by atoms with van der Waals surface area (Å²) in [5.41, 5.74) is 3.54. The van der Waals surface area contributed by atoms with E-state index in [1.54, 1.807) is 29.8 Å². The number of aromatic nitrogens is 2. The zero-order valence-corrected chi connectivity index (χ0v) is 16.6. The fourth-order valence-corrected chi connectivity index (χ4v) is 3.18. The Morgan fingerprint density at radius 2 is 1.86 bits per heavy atom. The van der Waals surface area contributed by atoms with Crippen molar-refractivity contribution in [1.29, 1.82) is 0 Å². The molecule has 0 aliphatic carbocycles. The molecule has 0 spiro atoms. The van der Waals surface area contributed by atoms with Crippen LogP contribution in [0.5, 0.6) is 0 Å². The largest absolute Gasteiger partial charge is 0.465 e. The van der Waals surface area contributed by atoms with Crippen LogP contribution in [-0.2, 0) is 11.3 Å². The summed E-state index contributed by atoms with van der Waals surface area (Å²) in [6, 6.07) is 14.7. The number of aryl methyl sites for hydroxylation is 2. The van der Waals surface area contributed by atoms with Gasteiger partial charge in [0.2, 0.25) is 0 Å². The van der Waals surface area contributed by atoms with Gasteiger partial charge in [0.15, 0.2) is 0 Å². The molecule has 1 aromatic heterocycles. The zero-order chi connectivity index (χ0) is 20.3. The lowest BCUT2D eigenvalue weighted by molar-refractivity contribution is 0.0600. The number of carbonyl (C=O) groups is 2. The quantitative estimate of drug-likeness (QED) is 0.653. The van der Waals surface area contributed by atoms with Crippen LogP contribution in [0.3, 0.4) is 0 Å². The predicted molar refractivity (Wildman–Crippen MR) is 108 cm³/mol. The molecule has 6 nitrogen and oxygen atoms in total. The van der Waals surface area contributed by atoms with Gasteiger partial charge in [0.1, 0.15) is 5.15 Å². The van der Waals surface area contributed by atoms with Gasteiger partial charge in [0, 0.05) is 5.69 Å². The van der Waals surface area contributed by atoms with Crippen molar-refractivity contribution in [2.75, 3.05) is 12.4 Å². The first-order valence-corrected chi connectivity index (χ1v) is 9.05. The van der Waals surface area contributed by atoms with E-state index in [1.807, 2.05) is 37.3 Å². The number of halogens is 1. The summed E-state index contributed by atoms with van der Waals surface area (Å²) in [5, 5.41) is 7.48. The van der Waals surface area contributed by atoms with Gasteiger partial charge < -0.3 is 10.1 Å². The molecule has 3 rings (SSSR count). The summed E-state index contributed by atoms with van der Waals surface area (Å²) in [4.78, 5) is 24.6. The molecule has 0 aliphatic rings. The molecule has 0 bridgehead atoms. The van der Waals surface area contributed by atoms with Crippen LogP contribution in [0.25, 0.3) is 0 Å². The molecule has 3 aromatic rings. The SMILES string of the molecule is COC(=O)c1ccc(C)c(NC(=O)c2c(C)nn(Cc3ccccc3)c2Cl)c1. The smallest absolute Gasteiger partial charge is 0.337 e. The highest BCUT2D eigenvalue weighted by Crippen LogP contribution is 2.24. The molecule has 0 radical (unpaired) electrons. The van der Waals surface area contributed by atoms with E-state index in [4.69, 9.17) is 16.3 Å². The summed E-state index contributed by atoms with van der Waals surface area (Å²) in [6.45, 7) is 4.04. The van der Waals surface area contributed by atoms with E-state index in [0.717, 1.165) is 11.1 Å². The first-order chi connectivity index (χ1) is 13.4. The summed E-state index contributed by atoms with van der Waals surface area (Å²) >= 11 is 6.45. The number of hydrogen-bond acceptors (Lipinski definition) is 4. The van der Waals surface area contributed by atoms with Gasteiger partial charge in [-0.15, -0.1) is 0 Å². The molecule has 0 saturated carbocycles. The maximum atomic E-state index is 12.9. The van der Waals surface area contributed by atoms with Gasteiger partial charge in [0.25, 0.3) is 5.91 Å². The first-order valence-electron chi connectivity index (χ1n) is 8.68. The van der Waals surface area contributed by atoms with Crippen LogP contribution in [0.2, 0.25) is 5.15 Å². The van der Waals surface area contributed by atoms with Crippen LogP contribution >= 0.6 is 11.6 Å². The van der Waals surface area contributed by atoms with Gasteiger partial charge in [-0.2, -0.15) is 5.10 Å². The lowest BCUT2D eigenvalue weighted by atomic mass is 10.1. The molecule has 144 valence electrons. The number of amides is 1. The number of nitrogens with one attached hydrogen (secondary N) is 1. The Morgan fingerprint density at radius 1 is 1.14 bits per heavy atom. The Labute approximate surface area is 168 Å². The van der Waals surface area contributed by atoms with Crippen molar-refractivity contribution in [3.05, 3.63) is 81.6 Å². The maximum Gasteiger partial charge on any atom is 0.337 e. The van der Waals surface area contributed by atoms with Crippen LogP contribution in [0.4, 0.5) is 5.69 Å². The third-order valence-corrected chi connectivity index (χ3v) is 4.76. The van der Waals surface area contributed by atoms with Crippen LogP contribution in [0.1, 0.15) is 37.5 Å².